The summed E-state index contributed by atoms with van der Waals surface area (Å²) in [5.41, 5.74) is 2.19. The molecule has 1 atom stereocenters. The molecule has 0 radical (unpaired) electrons. The highest BCUT2D eigenvalue weighted by atomic mass is 79.9. The fraction of sp³-hybridized carbons (Fsp3) is 0.548. The van der Waals surface area contributed by atoms with Crippen LogP contribution >= 0.6 is 15.9 Å². The molecule has 2 aromatic rings. The second-order valence-electron chi connectivity index (χ2n) is 11.4. The van der Waals surface area contributed by atoms with Crippen LogP contribution in [0, 0.1) is 11.3 Å². The van der Waals surface area contributed by atoms with Gasteiger partial charge in [0.1, 0.15) is 0 Å². The smallest absolute Gasteiger partial charge is 0.229 e. The third-order valence-corrected chi connectivity index (χ3v) is 9.45. The van der Waals surface area contributed by atoms with Crippen molar-refractivity contribution in [1.29, 1.82) is 0 Å². The van der Waals surface area contributed by atoms with Crippen LogP contribution in [0.25, 0.3) is 0 Å². The lowest BCUT2D eigenvalue weighted by Crippen LogP contribution is -2.45. The Hall–Kier alpha value is -2.18. The number of halogens is 1. The van der Waals surface area contributed by atoms with Crippen molar-refractivity contribution < 1.29 is 9.59 Å². The summed E-state index contributed by atoms with van der Waals surface area (Å²) in [6, 6.07) is 18.7. The normalized spacial score (nSPS) is 21.0. The van der Waals surface area contributed by atoms with Crippen molar-refractivity contribution in [2.45, 2.75) is 70.4 Å². The van der Waals surface area contributed by atoms with Gasteiger partial charge in [-0.15, -0.1) is 0 Å². The van der Waals surface area contributed by atoms with E-state index in [-0.39, 0.29) is 17.4 Å². The topological polar surface area (TPSA) is 52.7 Å². The van der Waals surface area contributed by atoms with E-state index in [4.69, 9.17) is 0 Å². The Morgan fingerprint density at radius 1 is 0.973 bits per heavy atom. The molecule has 3 fully saturated rings. The van der Waals surface area contributed by atoms with E-state index >= 15 is 0 Å². The molecule has 5 nitrogen and oxygen atoms in total. The summed E-state index contributed by atoms with van der Waals surface area (Å²) in [5.74, 6) is 1.10. The van der Waals surface area contributed by atoms with Gasteiger partial charge in [-0.05, 0) is 80.8 Å². The van der Waals surface area contributed by atoms with E-state index in [1.54, 1.807) is 0 Å². The van der Waals surface area contributed by atoms with Crippen LogP contribution in [0.15, 0.2) is 59.1 Å². The largest absolute Gasteiger partial charge is 0.349 e. The van der Waals surface area contributed by atoms with Crippen LogP contribution in [0.4, 0.5) is 0 Å². The van der Waals surface area contributed by atoms with Gasteiger partial charge in [-0.1, -0.05) is 71.2 Å². The minimum atomic E-state index is -0.180. The zero-order valence-electron chi connectivity index (χ0n) is 21.8. The molecular weight excluding hydrogens is 526 g/mol. The second kappa shape index (κ2) is 12.1. The molecule has 198 valence electrons. The summed E-state index contributed by atoms with van der Waals surface area (Å²) in [7, 11) is 0. The van der Waals surface area contributed by atoms with E-state index in [1.807, 2.05) is 18.2 Å². The van der Waals surface area contributed by atoms with Gasteiger partial charge in [-0.25, -0.2) is 0 Å². The van der Waals surface area contributed by atoms with Crippen LogP contribution in [-0.2, 0) is 16.1 Å². The van der Waals surface area contributed by atoms with Crippen LogP contribution in [0.5, 0.6) is 0 Å². The number of benzene rings is 2. The Bertz CT molecular complexity index is 1040. The SMILES string of the molecule is O=C(CC1CCCC1)NC(CCN1CCC2(CC1)CCN(Cc1ccc(Br)cc1)C2=O)c1ccccc1. The summed E-state index contributed by atoms with van der Waals surface area (Å²) in [6.45, 7) is 4.41. The number of nitrogens with zero attached hydrogens (tertiary/aromatic N) is 2. The molecule has 2 aromatic carbocycles. The van der Waals surface area contributed by atoms with Crippen LogP contribution in [0.2, 0.25) is 0 Å². The van der Waals surface area contributed by atoms with Gasteiger partial charge in [0.2, 0.25) is 11.8 Å². The molecule has 0 aromatic heterocycles. The van der Waals surface area contributed by atoms with E-state index in [0.29, 0.717) is 24.8 Å². The van der Waals surface area contributed by atoms with Gasteiger partial charge < -0.3 is 15.1 Å². The van der Waals surface area contributed by atoms with E-state index in [2.05, 4.69) is 67.4 Å². The first kappa shape index (κ1) is 26.4. The molecule has 1 aliphatic carbocycles. The minimum Gasteiger partial charge on any atom is -0.349 e. The third kappa shape index (κ3) is 6.64. The molecular formula is C31H40BrN3O2. The fourth-order valence-corrected chi connectivity index (χ4v) is 6.84. The first-order chi connectivity index (χ1) is 18.0. The summed E-state index contributed by atoms with van der Waals surface area (Å²) in [5, 5.41) is 3.36. The summed E-state index contributed by atoms with van der Waals surface area (Å²) >= 11 is 3.49. The van der Waals surface area contributed by atoms with Crippen molar-refractivity contribution in [1.82, 2.24) is 15.1 Å². The molecule has 1 saturated carbocycles. The van der Waals surface area contributed by atoms with Gasteiger partial charge >= 0.3 is 0 Å². The van der Waals surface area contributed by atoms with Gasteiger partial charge in [0.15, 0.2) is 0 Å². The molecule has 5 rings (SSSR count). The molecule has 2 amide bonds. The zero-order valence-corrected chi connectivity index (χ0v) is 23.4. The fourth-order valence-electron chi connectivity index (χ4n) is 6.57. The number of rotatable bonds is 9. The molecule has 1 unspecified atom stereocenters. The van der Waals surface area contributed by atoms with Crippen LogP contribution in [-0.4, -0.2) is 47.8 Å². The lowest BCUT2D eigenvalue weighted by atomic mass is 9.77. The molecule has 6 heteroatoms. The average molecular weight is 567 g/mol. The molecule has 2 saturated heterocycles. The summed E-state index contributed by atoms with van der Waals surface area (Å²) in [4.78, 5) is 30.8. The standard InChI is InChI=1S/C31H40BrN3O2/c32-27-12-10-25(11-13-27)23-35-21-17-31(30(35)37)15-19-34(20-16-31)18-14-28(26-8-2-1-3-9-26)33-29(36)22-24-6-4-5-7-24/h1-3,8-13,24,28H,4-7,14-23H2,(H,33,36). The van der Waals surface area contributed by atoms with Crippen molar-refractivity contribution in [3.8, 4) is 0 Å². The Balaban J connectivity index is 1.13. The van der Waals surface area contributed by atoms with Crippen molar-refractivity contribution in [3.05, 3.63) is 70.2 Å². The van der Waals surface area contributed by atoms with Crippen molar-refractivity contribution in [3.63, 3.8) is 0 Å². The Morgan fingerprint density at radius 2 is 1.65 bits per heavy atom. The Morgan fingerprint density at radius 3 is 2.35 bits per heavy atom. The number of carbonyl (C=O) groups is 2. The van der Waals surface area contributed by atoms with Gasteiger partial charge in [0, 0.05) is 30.5 Å². The van der Waals surface area contributed by atoms with Crippen LogP contribution < -0.4 is 5.32 Å². The number of amides is 2. The molecule has 0 bridgehead atoms. The highest BCUT2D eigenvalue weighted by Crippen LogP contribution is 2.42. The van der Waals surface area contributed by atoms with Crippen molar-refractivity contribution >= 4 is 27.7 Å². The van der Waals surface area contributed by atoms with E-state index in [0.717, 1.165) is 56.3 Å². The highest BCUT2D eigenvalue weighted by Gasteiger charge is 2.47. The molecule has 2 heterocycles. The maximum Gasteiger partial charge on any atom is 0.229 e. The van der Waals surface area contributed by atoms with Crippen molar-refractivity contribution in [2.24, 2.45) is 11.3 Å². The predicted octanol–water partition coefficient (Wildman–Crippen LogP) is 6.09. The minimum absolute atomic E-state index is 0.0421. The quantitative estimate of drug-likeness (QED) is 0.400. The number of hydrogen-bond donors (Lipinski definition) is 1. The molecule has 37 heavy (non-hydrogen) atoms. The van der Waals surface area contributed by atoms with Gasteiger partial charge in [0.05, 0.1) is 11.5 Å². The lowest BCUT2D eigenvalue weighted by molar-refractivity contribution is -0.139. The van der Waals surface area contributed by atoms with E-state index in [1.165, 1.54) is 36.8 Å². The van der Waals surface area contributed by atoms with Gasteiger partial charge in [-0.2, -0.15) is 0 Å². The summed E-state index contributed by atoms with van der Waals surface area (Å²) < 4.78 is 1.07. The van der Waals surface area contributed by atoms with Crippen LogP contribution in [0.3, 0.4) is 0 Å². The predicted molar refractivity (Wildman–Crippen MR) is 151 cm³/mol. The van der Waals surface area contributed by atoms with Crippen molar-refractivity contribution in [2.75, 3.05) is 26.2 Å². The monoisotopic (exact) mass is 565 g/mol. The number of nitrogens with one attached hydrogen (secondary N) is 1. The van der Waals surface area contributed by atoms with E-state index < -0.39 is 0 Å². The molecule has 1 N–H and O–H groups in total. The zero-order chi connectivity index (χ0) is 25.7. The molecule has 2 aliphatic heterocycles. The Labute approximate surface area is 230 Å². The van der Waals surface area contributed by atoms with E-state index in [9.17, 15) is 9.59 Å². The first-order valence-corrected chi connectivity index (χ1v) is 14.9. The number of carbonyl (C=O) groups excluding carboxylic acids is 2. The Kier molecular flexibility index (Phi) is 8.66. The highest BCUT2D eigenvalue weighted by molar-refractivity contribution is 9.10. The molecule has 1 spiro atoms. The summed E-state index contributed by atoms with van der Waals surface area (Å²) in [6.07, 6.45) is 9.32. The lowest BCUT2D eigenvalue weighted by Gasteiger charge is -2.38. The number of likely N-dealkylation sites (tertiary alicyclic amines) is 2. The maximum atomic E-state index is 13.4. The van der Waals surface area contributed by atoms with Crippen LogP contribution in [0.1, 0.15) is 75.0 Å². The maximum absolute atomic E-state index is 13.4. The molecule has 3 aliphatic rings. The number of piperidine rings is 1. The number of hydrogen-bond acceptors (Lipinski definition) is 3. The third-order valence-electron chi connectivity index (χ3n) is 8.92. The van der Waals surface area contributed by atoms with Gasteiger partial charge in [-0.3, -0.25) is 9.59 Å². The average Bonchev–Trinajstić information content (AvgIpc) is 3.53. The first-order valence-electron chi connectivity index (χ1n) is 14.1. The van der Waals surface area contributed by atoms with Gasteiger partial charge in [0.25, 0.3) is 0 Å². The second-order valence-corrected chi connectivity index (χ2v) is 12.3.